The molecule has 0 N–H and O–H groups in total. The summed E-state index contributed by atoms with van der Waals surface area (Å²) in [6.07, 6.45) is 16.8. The molecule has 1 heterocycles. The molecule has 1 heteroatoms. The lowest BCUT2D eigenvalue weighted by molar-refractivity contribution is 0.717. The van der Waals surface area contributed by atoms with Crippen LogP contribution in [0.2, 0.25) is 0 Å². The summed E-state index contributed by atoms with van der Waals surface area (Å²) in [5.74, 6) is 0.560. The Hall–Kier alpha value is -4.75. The van der Waals surface area contributed by atoms with E-state index in [-0.39, 0.29) is 0 Å². The maximum absolute atomic E-state index is 4.92. The average molecular weight is 568 g/mol. The summed E-state index contributed by atoms with van der Waals surface area (Å²) in [6.45, 7) is 9.05. The molecule has 44 heavy (non-hydrogen) atoms. The van der Waals surface area contributed by atoms with Crippen LogP contribution in [0.25, 0.3) is 66.4 Å². The summed E-state index contributed by atoms with van der Waals surface area (Å²) in [4.78, 5) is 4.92. The molecule has 0 aliphatic heterocycles. The van der Waals surface area contributed by atoms with Crippen LogP contribution in [-0.4, -0.2) is 4.98 Å². The second kappa shape index (κ2) is 10.5. The third-order valence-corrected chi connectivity index (χ3v) is 9.84. The van der Waals surface area contributed by atoms with Gasteiger partial charge in [-0.15, -0.1) is 0 Å². The average Bonchev–Trinajstić information content (AvgIpc) is 3.04. The molecule has 1 aromatic heterocycles. The van der Waals surface area contributed by atoms with E-state index in [4.69, 9.17) is 4.98 Å². The number of para-hydroxylation sites is 1. The van der Waals surface area contributed by atoms with Gasteiger partial charge in [-0.1, -0.05) is 104 Å². The van der Waals surface area contributed by atoms with E-state index >= 15 is 0 Å². The number of benzene rings is 5. The minimum atomic E-state index is 0.560. The number of pyridine rings is 1. The molecule has 0 amide bonds. The molecule has 2 aliphatic rings. The van der Waals surface area contributed by atoms with Gasteiger partial charge in [0.15, 0.2) is 0 Å². The van der Waals surface area contributed by atoms with Crippen molar-refractivity contribution in [3.05, 3.63) is 137 Å². The summed E-state index contributed by atoms with van der Waals surface area (Å²) in [5.41, 5.74) is 15.8. The van der Waals surface area contributed by atoms with Crippen molar-refractivity contribution in [1.82, 2.24) is 4.98 Å². The van der Waals surface area contributed by atoms with E-state index in [0.29, 0.717) is 5.92 Å². The van der Waals surface area contributed by atoms with Gasteiger partial charge in [0.1, 0.15) is 0 Å². The quantitative estimate of drug-likeness (QED) is 0.194. The lowest BCUT2D eigenvalue weighted by Crippen LogP contribution is -2.06. The predicted octanol–water partition coefficient (Wildman–Crippen LogP) is 11.7. The van der Waals surface area contributed by atoms with Gasteiger partial charge in [0.25, 0.3) is 0 Å². The van der Waals surface area contributed by atoms with Crippen molar-refractivity contribution in [2.45, 2.75) is 47.0 Å². The summed E-state index contributed by atoms with van der Waals surface area (Å²) in [7, 11) is 0. The second-order valence-corrected chi connectivity index (χ2v) is 13.0. The number of hydrogen-bond donors (Lipinski definition) is 0. The van der Waals surface area contributed by atoms with Crippen molar-refractivity contribution in [3.8, 4) is 22.3 Å². The maximum Gasteiger partial charge on any atom is 0.0780 e. The predicted molar refractivity (Wildman–Crippen MR) is 190 cm³/mol. The maximum atomic E-state index is 4.92. The van der Waals surface area contributed by atoms with Crippen LogP contribution in [0.4, 0.5) is 0 Å². The van der Waals surface area contributed by atoms with Crippen molar-refractivity contribution in [2.75, 3.05) is 0 Å². The van der Waals surface area contributed by atoms with Crippen molar-refractivity contribution >= 4 is 44.1 Å². The first kappa shape index (κ1) is 26.8. The van der Waals surface area contributed by atoms with Crippen LogP contribution in [0.5, 0.6) is 0 Å². The highest BCUT2D eigenvalue weighted by atomic mass is 14.6. The molecule has 0 unspecified atom stereocenters. The number of fused-ring (bicyclic) bond motifs is 4. The minimum Gasteiger partial charge on any atom is -0.256 e. The Morgan fingerprint density at radius 1 is 0.727 bits per heavy atom. The Kier molecular flexibility index (Phi) is 6.38. The minimum absolute atomic E-state index is 0.560. The second-order valence-electron chi connectivity index (χ2n) is 13.0. The van der Waals surface area contributed by atoms with Crippen LogP contribution < -0.4 is 0 Å². The third kappa shape index (κ3) is 4.34. The first-order chi connectivity index (χ1) is 21.5. The van der Waals surface area contributed by atoms with Gasteiger partial charge in [0, 0.05) is 17.1 Å². The summed E-state index contributed by atoms with van der Waals surface area (Å²) < 4.78 is 0. The van der Waals surface area contributed by atoms with Crippen molar-refractivity contribution < 1.29 is 0 Å². The van der Waals surface area contributed by atoms with E-state index in [0.717, 1.165) is 24.8 Å². The van der Waals surface area contributed by atoms with E-state index in [1.54, 1.807) is 0 Å². The highest BCUT2D eigenvalue weighted by Gasteiger charge is 2.24. The summed E-state index contributed by atoms with van der Waals surface area (Å²) in [6, 6.07) is 27.7. The number of rotatable bonds is 3. The molecular weight excluding hydrogens is 530 g/mol. The van der Waals surface area contributed by atoms with Crippen molar-refractivity contribution in [3.63, 3.8) is 0 Å². The normalized spacial score (nSPS) is 16.1. The van der Waals surface area contributed by atoms with Gasteiger partial charge in [0.05, 0.1) is 5.52 Å². The fraction of sp³-hybridized carbons (Fsp3) is 0.186. The SMILES string of the molecule is Cc1ccc2c(-c3cccc4cccnc34)c3cc(C)c(C)cc3c(-c3cc4c(cc3C3=CC=CCC3)C[C@@H](C)C=C4)c2c1. The van der Waals surface area contributed by atoms with Crippen LogP contribution in [0.1, 0.15) is 53.1 Å². The van der Waals surface area contributed by atoms with E-state index in [9.17, 15) is 0 Å². The lowest BCUT2D eigenvalue weighted by atomic mass is 9.79. The van der Waals surface area contributed by atoms with Gasteiger partial charge in [-0.3, -0.25) is 4.98 Å². The summed E-state index contributed by atoms with van der Waals surface area (Å²) in [5, 5.41) is 6.37. The van der Waals surface area contributed by atoms with E-state index in [1.807, 2.05) is 12.3 Å². The zero-order valence-corrected chi connectivity index (χ0v) is 26.0. The number of hydrogen-bond acceptors (Lipinski definition) is 1. The number of allylic oxidation sites excluding steroid dienone is 5. The molecule has 1 nitrogen and oxygen atoms in total. The zero-order valence-electron chi connectivity index (χ0n) is 26.0. The Morgan fingerprint density at radius 2 is 1.50 bits per heavy atom. The fourth-order valence-electron chi connectivity index (χ4n) is 7.46. The van der Waals surface area contributed by atoms with Crippen LogP contribution in [0.15, 0.2) is 103 Å². The molecule has 0 fully saturated rings. The zero-order chi connectivity index (χ0) is 29.9. The largest absolute Gasteiger partial charge is 0.256 e. The van der Waals surface area contributed by atoms with Gasteiger partial charge in [-0.05, 0) is 130 Å². The fourth-order valence-corrected chi connectivity index (χ4v) is 7.46. The highest BCUT2D eigenvalue weighted by Crippen LogP contribution is 2.48. The van der Waals surface area contributed by atoms with Gasteiger partial charge in [-0.2, -0.15) is 0 Å². The molecule has 0 spiro atoms. The van der Waals surface area contributed by atoms with Crippen LogP contribution in [0.3, 0.4) is 0 Å². The van der Waals surface area contributed by atoms with Crippen LogP contribution in [0, 0.1) is 26.7 Å². The smallest absolute Gasteiger partial charge is 0.0780 e. The molecular formula is C43H37N. The van der Waals surface area contributed by atoms with E-state index in [2.05, 4.69) is 125 Å². The molecule has 2 aliphatic carbocycles. The molecule has 214 valence electrons. The standard InChI is InChI=1S/C43H37N/c1-26-15-17-32-24-40(36(25-33(32)20-26)30-10-6-5-7-11-30)42-37-21-27(2)16-18-34(37)41(38-22-28(3)29(4)23-39(38)42)35-14-8-12-31-13-9-19-44-43(31)35/h5-6,8-10,12-19,21-26H,7,11,20H2,1-4H3/t26-/m0/s1. The van der Waals surface area contributed by atoms with Crippen molar-refractivity contribution in [2.24, 2.45) is 5.92 Å². The van der Waals surface area contributed by atoms with Gasteiger partial charge < -0.3 is 0 Å². The van der Waals surface area contributed by atoms with Crippen LogP contribution >= 0.6 is 0 Å². The first-order valence-corrected chi connectivity index (χ1v) is 16.0. The molecule has 0 saturated carbocycles. The topological polar surface area (TPSA) is 12.9 Å². The van der Waals surface area contributed by atoms with Crippen LogP contribution in [-0.2, 0) is 6.42 Å². The van der Waals surface area contributed by atoms with Gasteiger partial charge in [-0.25, -0.2) is 0 Å². The molecule has 0 bridgehead atoms. The number of nitrogens with zero attached hydrogens (tertiary/aromatic N) is 1. The monoisotopic (exact) mass is 567 g/mol. The molecule has 8 rings (SSSR count). The van der Waals surface area contributed by atoms with E-state index < -0.39 is 0 Å². The Bertz CT molecular complexity index is 2240. The van der Waals surface area contributed by atoms with Gasteiger partial charge >= 0.3 is 0 Å². The molecule has 0 saturated heterocycles. The first-order valence-electron chi connectivity index (χ1n) is 16.0. The lowest BCUT2D eigenvalue weighted by Gasteiger charge is -2.25. The summed E-state index contributed by atoms with van der Waals surface area (Å²) >= 11 is 0. The Morgan fingerprint density at radius 3 is 2.30 bits per heavy atom. The molecule has 6 aromatic rings. The number of aryl methyl sites for hydroxylation is 3. The Labute approximate surface area is 260 Å². The van der Waals surface area contributed by atoms with E-state index in [1.165, 1.54) is 88.1 Å². The number of aromatic nitrogens is 1. The molecule has 0 radical (unpaired) electrons. The molecule has 5 aromatic carbocycles. The highest BCUT2D eigenvalue weighted by molar-refractivity contribution is 6.24. The van der Waals surface area contributed by atoms with Crippen molar-refractivity contribution in [1.29, 1.82) is 0 Å². The van der Waals surface area contributed by atoms with Gasteiger partial charge in [0.2, 0.25) is 0 Å². The Balaban J connectivity index is 1.57. The molecule has 1 atom stereocenters. The third-order valence-electron chi connectivity index (χ3n) is 9.84.